The van der Waals surface area contributed by atoms with Crippen molar-refractivity contribution in [3.63, 3.8) is 0 Å². The second kappa shape index (κ2) is 6.17. The highest BCUT2D eigenvalue weighted by Gasteiger charge is 2.36. The van der Waals surface area contributed by atoms with E-state index in [1.807, 2.05) is 44.2 Å². The van der Waals surface area contributed by atoms with Gasteiger partial charge in [0.1, 0.15) is 6.73 Å². The van der Waals surface area contributed by atoms with Crippen LogP contribution in [0.25, 0.3) is 0 Å². The number of rotatable bonds is 4. The molecule has 0 aliphatic carbocycles. The molecule has 19 heavy (non-hydrogen) atoms. The van der Waals surface area contributed by atoms with Gasteiger partial charge in [-0.05, 0) is 17.9 Å². The monoisotopic (exact) mass is 262 g/mol. The molecule has 0 unspecified atom stereocenters. The molecular formula is C15H20NO3. The molecule has 1 radical (unpaired) electrons. The molecule has 2 rings (SSSR count). The van der Waals surface area contributed by atoms with Crippen LogP contribution in [-0.4, -0.2) is 35.0 Å². The standard InChI is InChI=1S/C15H20NO3/c1-11(2)8-14(17)16-10-19-15(18)13(16)9-12-6-4-3-5-7-12/h3-8,11,13,15,18H,9-10H2,1-2H3/t13-,15+/m0/s1. The number of carbonyl (C=O) groups is 1. The summed E-state index contributed by atoms with van der Waals surface area (Å²) in [4.78, 5) is 13.7. The lowest BCUT2D eigenvalue weighted by atomic mass is 10.0. The summed E-state index contributed by atoms with van der Waals surface area (Å²) in [5.74, 6) is 0.107. The molecule has 1 amide bonds. The van der Waals surface area contributed by atoms with E-state index in [-0.39, 0.29) is 24.6 Å². The van der Waals surface area contributed by atoms with Crippen molar-refractivity contribution in [2.75, 3.05) is 6.73 Å². The number of hydrogen-bond acceptors (Lipinski definition) is 3. The zero-order chi connectivity index (χ0) is 13.8. The predicted molar refractivity (Wildman–Crippen MR) is 71.9 cm³/mol. The van der Waals surface area contributed by atoms with Gasteiger partial charge in [-0.1, -0.05) is 44.2 Å². The van der Waals surface area contributed by atoms with Crippen molar-refractivity contribution in [2.45, 2.75) is 32.6 Å². The smallest absolute Gasteiger partial charge is 0.229 e. The third-order valence-electron chi connectivity index (χ3n) is 3.16. The number of hydrogen-bond donors (Lipinski definition) is 1. The summed E-state index contributed by atoms with van der Waals surface area (Å²) in [7, 11) is 0. The SMILES string of the molecule is CC(C)[CH]C(=O)N1CO[C@@H](O)[C@@H]1Cc1ccccc1. The maximum atomic E-state index is 12.1. The second-order valence-corrected chi connectivity index (χ2v) is 5.16. The van der Waals surface area contributed by atoms with Crippen molar-refractivity contribution >= 4 is 5.91 Å². The Morgan fingerprint density at radius 1 is 1.47 bits per heavy atom. The minimum Gasteiger partial charge on any atom is -0.366 e. The molecule has 0 saturated carbocycles. The van der Waals surface area contributed by atoms with E-state index in [0.717, 1.165) is 5.56 Å². The summed E-state index contributed by atoms with van der Waals surface area (Å²) in [5.41, 5.74) is 1.08. The van der Waals surface area contributed by atoms with Gasteiger partial charge in [0.2, 0.25) is 5.91 Å². The normalized spacial score (nSPS) is 23.1. The van der Waals surface area contributed by atoms with Gasteiger partial charge in [0, 0.05) is 0 Å². The summed E-state index contributed by atoms with van der Waals surface area (Å²) >= 11 is 0. The highest BCUT2D eigenvalue weighted by atomic mass is 16.6. The van der Waals surface area contributed by atoms with E-state index in [2.05, 4.69) is 0 Å². The number of amides is 1. The fourth-order valence-electron chi connectivity index (χ4n) is 2.19. The molecule has 0 spiro atoms. The van der Waals surface area contributed by atoms with Gasteiger partial charge in [-0.25, -0.2) is 0 Å². The maximum absolute atomic E-state index is 12.1. The molecule has 1 heterocycles. The van der Waals surface area contributed by atoms with Crippen molar-refractivity contribution < 1.29 is 14.6 Å². The third kappa shape index (κ3) is 3.55. The summed E-state index contributed by atoms with van der Waals surface area (Å²) in [6, 6.07) is 9.50. The third-order valence-corrected chi connectivity index (χ3v) is 3.16. The maximum Gasteiger partial charge on any atom is 0.229 e. The van der Waals surface area contributed by atoms with Crippen molar-refractivity contribution in [3.8, 4) is 0 Å². The minimum atomic E-state index is -0.912. The Morgan fingerprint density at radius 3 is 2.79 bits per heavy atom. The number of aliphatic hydroxyl groups is 1. The number of benzene rings is 1. The van der Waals surface area contributed by atoms with E-state index in [4.69, 9.17) is 4.74 Å². The molecule has 4 heteroatoms. The Labute approximate surface area is 114 Å². The molecule has 1 saturated heterocycles. The van der Waals surface area contributed by atoms with Gasteiger partial charge in [0.05, 0.1) is 12.5 Å². The summed E-state index contributed by atoms with van der Waals surface area (Å²) in [5, 5.41) is 9.87. The van der Waals surface area contributed by atoms with Gasteiger partial charge in [0.25, 0.3) is 0 Å². The predicted octanol–water partition coefficient (Wildman–Crippen LogP) is 1.59. The fourth-order valence-corrected chi connectivity index (χ4v) is 2.19. The highest BCUT2D eigenvalue weighted by molar-refractivity contribution is 5.85. The molecule has 1 N–H and O–H groups in total. The van der Waals surface area contributed by atoms with Crippen LogP contribution < -0.4 is 0 Å². The zero-order valence-electron chi connectivity index (χ0n) is 11.3. The zero-order valence-corrected chi connectivity index (χ0v) is 11.3. The number of carbonyl (C=O) groups excluding carboxylic acids is 1. The molecule has 0 bridgehead atoms. The Kier molecular flexibility index (Phi) is 4.56. The molecule has 2 atom stereocenters. The van der Waals surface area contributed by atoms with Crippen LogP contribution in [0.2, 0.25) is 0 Å². The number of aliphatic hydroxyl groups excluding tert-OH is 1. The van der Waals surface area contributed by atoms with Crippen LogP contribution in [0.4, 0.5) is 0 Å². The van der Waals surface area contributed by atoms with E-state index < -0.39 is 6.29 Å². The lowest BCUT2D eigenvalue weighted by Gasteiger charge is -2.24. The van der Waals surface area contributed by atoms with Gasteiger partial charge >= 0.3 is 0 Å². The van der Waals surface area contributed by atoms with Crippen molar-refractivity contribution in [1.29, 1.82) is 0 Å². The average Bonchev–Trinajstić information content (AvgIpc) is 2.72. The van der Waals surface area contributed by atoms with Crippen molar-refractivity contribution in [2.24, 2.45) is 5.92 Å². The van der Waals surface area contributed by atoms with Crippen LogP contribution in [0.3, 0.4) is 0 Å². The van der Waals surface area contributed by atoms with Crippen LogP contribution in [0.15, 0.2) is 30.3 Å². The van der Waals surface area contributed by atoms with Gasteiger partial charge < -0.3 is 14.7 Å². The van der Waals surface area contributed by atoms with Crippen LogP contribution in [0.5, 0.6) is 0 Å². The van der Waals surface area contributed by atoms with E-state index in [0.29, 0.717) is 6.42 Å². The lowest BCUT2D eigenvalue weighted by molar-refractivity contribution is -0.130. The van der Waals surface area contributed by atoms with Crippen LogP contribution in [-0.2, 0) is 16.0 Å². The Bertz CT molecular complexity index is 419. The van der Waals surface area contributed by atoms with E-state index >= 15 is 0 Å². The number of ether oxygens (including phenoxy) is 1. The van der Waals surface area contributed by atoms with Crippen molar-refractivity contribution in [1.82, 2.24) is 4.90 Å². The van der Waals surface area contributed by atoms with Crippen LogP contribution in [0.1, 0.15) is 19.4 Å². The molecule has 0 aromatic heterocycles. The average molecular weight is 262 g/mol. The van der Waals surface area contributed by atoms with Gasteiger partial charge in [-0.2, -0.15) is 0 Å². The quantitative estimate of drug-likeness (QED) is 0.896. The van der Waals surface area contributed by atoms with Crippen LogP contribution >= 0.6 is 0 Å². The largest absolute Gasteiger partial charge is 0.366 e. The Morgan fingerprint density at radius 2 is 2.16 bits per heavy atom. The molecule has 1 fully saturated rings. The first kappa shape index (κ1) is 14.0. The molecule has 1 aromatic rings. The first-order valence-corrected chi connectivity index (χ1v) is 6.57. The van der Waals surface area contributed by atoms with E-state index in [9.17, 15) is 9.90 Å². The first-order chi connectivity index (χ1) is 9.08. The Balaban J connectivity index is 2.05. The minimum absolute atomic E-state index is 0.0764. The molecule has 1 aromatic carbocycles. The van der Waals surface area contributed by atoms with Crippen LogP contribution in [0, 0.1) is 12.3 Å². The van der Waals surface area contributed by atoms with Gasteiger partial charge in [-0.3, -0.25) is 4.79 Å². The van der Waals surface area contributed by atoms with E-state index in [1.165, 1.54) is 0 Å². The second-order valence-electron chi connectivity index (χ2n) is 5.16. The summed E-state index contributed by atoms with van der Waals surface area (Å²) in [6.07, 6.45) is 1.34. The Hall–Kier alpha value is -1.39. The number of nitrogens with zero attached hydrogens (tertiary/aromatic N) is 1. The molecular weight excluding hydrogens is 242 g/mol. The highest BCUT2D eigenvalue weighted by Crippen LogP contribution is 2.21. The fraction of sp³-hybridized carbons (Fsp3) is 0.467. The van der Waals surface area contributed by atoms with Crippen molar-refractivity contribution in [3.05, 3.63) is 42.3 Å². The van der Waals surface area contributed by atoms with Gasteiger partial charge in [0.15, 0.2) is 6.29 Å². The molecule has 4 nitrogen and oxygen atoms in total. The molecule has 103 valence electrons. The molecule has 1 aliphatic rings. The van der Waals surface area contributed by atoms with Gasteiger partial charge in [-0.15, -0.1) is 0 Å². The summed E-state index contributed by atoms with van der Waals surface area (Å²) in [6.45, 7) is 4.07. The first-order valence-electron chi connectivity index (χ1n) is 6.57. The summed E-state index contributed by atoms with van der Waals surface area (Å²) < 4.78 is 5.19. The lowest BCUT2D eigenvalue weighted by Crippen LogP contribution is -2.41. The topological polar surface area (TPSA) is 49.8 Å². The van der Waals surface area contributed by atoms with E-state index in [1.54, 1.807) is 11.3 Å². The molecule has 1 aliphatic heterocycles.